The van der Waals surface area contributed by atoms with Gasteiger partial charge in [-0.1, -0.05) is 12.1 Å². The van der Waals surface area contributed by atoms with Gasteiger partial charge in [-0.25, -0.2) is 0 Å². The molecule has 25 heavy (non-hydrogen) atoms. The Labute approximate surface area is 147 Å². The number of ether oxygens (including phenoxy) is 2. The molecule has 5 rings (SSSR count). The number of Topliss-reactive ketones (excluding diaryl/α,β-unsaturated/α-hetero) is 1. The van der Waals surface area contributed by atoms with Gasteiger partial charge in [-0.05, 0) is 55.6 Å². The van der Waals surface area contributed by atoms with Crippen molar-refractivity contribution in [2.24, 2.45) is 11.8 Å². The summed E-state index contributed by atoms with van der Waals surface area (Å²) in [7, 11) is 1.63. The first-order chi connectivity index (χ1) is 12.1. The van der Waals surface area contributed by atoms with Crippen LogP contribution in [-0.2, 0) is 16.6 Å². The van der Waals surface area contributed by atoms with Gasteiger partial charge >= 0.3 is 0 Å². The Morgan fingerprint density at radius 2 is 2.28 bits per heavy atom. The molecule has 0 amide bonds. The average Bonchev–Trinajstić information content (AvgIpc) is 2.96. The number of allylic oxidation sites excluding steroid dienone is 1. The summed E-state index contributed by atoms with van der Waals surface area (Å²) in [5.41, 5.74) is 0.807. The molecule has 4 heteroatoms. The first kappa shape index (κ1) is 15.4. The third-order valence-electron chi connectivity index (χ3n) is 7.38. The van der Waals surface area contributed by atoms with Gasteiger partial charge in [-0.3, -0.25) is 4.79 Å². The fourth-order valence-corrected chi connectivity index (χ4v) is 6.40. The van der Waals surface area contributed by atoms with Gasteiger partial charge in [0.1, 0.15) is 0 Å². The summed E-state index contributed by atoms with van der Waals surface area (Å²) in [6, 6.07) is 4.04. The van der Waals surface area contributed by atoms with E-state index in [1.165, 1.54) is 5.56 Å². The summed E-state index contributed by atoms with van der Waals surface area (Å²) < 4.78 is 11.7. The smallest absolute Gasteiger partial charge is 0.174 e. The Balaban J connectivity index is 1.79. The number of hydrogen-bond donors (Lipinski definition) is 1. The van der Waals surface area contributed by atoms with Crippen LogP contribution in [-0.4, -0.2) is 29.7 Å². The molecule has 0 radical (unpaired) electrons. The molecule has 4 aliphatic rings. The minimum absolute atomic E-state index is 0.122. The molecule has 4 nitrogen and oxygen atoms in total. The molecule has 5 atom stereocenters. The number of methoxy groups -OCH3 is 1. The molecular formula is C21H24O4. The molecule has 0 aromatic heterocycles. The lowest BCUT2D eigenvalue weighted by molar-refractivity contribution is -0.188. The van der Waals surface area contributed by atoms with Crippen LogP contribution in [0.4, 0.5) is 0 Å². The van der Waals surface area contributed by atoms with Gasteiger partial charge in [0.25, 0.3) is 0 Å². The summed E-state index contributed by atoms with van der Waals surface area (Å²) in [4.78, 5) is 12.8. The van der Waals surface area contributed by atoms with Crippen LogP contribution in [0.3, 0.4) is 0 Å². The maximum atomic E-state index is 12.8. The van der Waals surface area contributed by atoms with Gasteiger partial charge in [0.05, 0.1) is 18.1 Å². The van der Waals surface area contributed by atoms with Crippen LogP contribution in [0.1, 0.15) is 43.2 Å². The molecule has 1 unspecified atom stereocenters. The number of rotatable bonds is 3. The van der Waals surface area contributed by atoms with E-state index >= 15 is 0 Å². The van der Waals surface area contributed by atoms with Crippen molar-refractivity contribution in [2.75, 3.05) is 7.11 Å². The molecular weight excluding hydrogens is 316 g/mol. The number of aliphatic hydroxyl groups is 1. The Hall–Kier alpha value is -1.81. The van der Waals surface area contributed by atoms with Gasteiger partial charge in [0.15, 0.2) is 23.4 Å². The molecule has 1 N–H and O–H groups in total. The van der Waals surface area contributed by atoms with Gasteiger partial charge in [-0.2, -0.15) is 0 Å². The fourth-order valence-electron chi connectivity index (χ4n) is 6.40. The molecule has 1 heterocycles. The van der Waals surface area contributed by atoms with E-state index in [9.17, 15) is 9.90 Å². The van der Waals surface area contributed by atoms with E-state index in [0.29, 0.717) is 30.3 Å². The van der Waals surface area contributed by atoms with Crippen molar-refractivity contribution in [2.45, 2.75) is 55.6 Å². The average molecular weight is 340 g/mol. The van der Waals surface area contributed by atoms with Crippen LogP contribution in [0.2, 0.25) is 0 Å². The number of benzene rings is 1. The van der Waals surface area contributed by atoms with E-state index in [1.807, 2.05) is 12.1 Å². The number of ketones is 1. The van der Waals surface area contributed by atoms with Crippen LogP contribution in [0, 0.1) is 11.8 Å². The van der Waals surface area contributed by atoms with Gasteiger partial charge in [0, 0.05) is 12.0 Å². The monoisotopic (exact) mass is 340 g/mol. The molecule has 0 saturated heterocycles. The molecule has 2 bridgehead atoms. The third-order valence-corrected chi connectivity index (χ3v) is 7.38. The number of hydrogen-bond acceptors (Lipinski definition) is 4. The summed E-state index contributed by atoms with van der Waals surface area (Å²) in [6.07, 6.45) is 5.89. The van der Waals surface area contributed by atoms with Crippen molar-refractivity contribution >= 4 is 5.78 Å². The quantitative estimate of drug-likeness (QED) is 0.860. The second-order valence-corrected chi connectivity index (χ2v) is 8.12. The molecule has 2 saturated carbocycles. The molecule has 3 aliphatic carbocycles. The van der Waals surface area contributed by atoms with Crippen molar-refractivity contribution in [3.05, 3.63) is 35.9 Å². The standard InChI is InChI=1S/C21H24O4/c1-3-4-12-7-9-20-17-13-5-6-16(24-2)18(17)25-19(20)15(22)8-10-21(20,23)14(12)11-13/h3,5-6,12,14,19,23H,1,4,7-11H2,2H3/t12?,14-,19-,20-,21+/m0/s1. The predicted molar refractivity (Wildman–Crippen MR) is 93.0 cm³/mol. The fraction of sp³-hybridized carbons (Fsp3) is 0.571. The third kappa shape index (κ3) is 1.60. The Morgan fingerprint density at radius 1 is 1.44 bits per heavy atom. The van der Waals surface area contributed by atoms with Crippen molar-refractivity contribution in [1.82, 2.24) is 0 Å². The van der Waals surface area contributed by atoms with Crippen LogP contribution in [0.25, 0.3) is 0 Å². The lowest BCUT2D eigenvalue weighted by Crippen LogP contribution is -2.71. The lowest BCUT2D eigenvalue weighted by Gasteiger charge is -2.61. The second kappa shape index (κ2) is 4.88. The second-order valence-electron chi connectivity index (χ2n) is 8.12. The summed E-state index contributed by atoms with van der Waals surface area (Å²) in [5.74, 6) is 2.06. The van der Waals surface area contributed by atoms with E-state index in [0.717, 1.165) is 31.2 Å². The zero-order valence-corrected chi connectivity index (χ0v) is 14.6. The highest BCUT2D eigenvalue weighted by Gasteiger charge is 2.72. The topological polar surface area (TPSA) is 55.8 Å². The van der Waals surface area contributed by atoms with E-state index < -0.39 is 17.1 Å². The van der Waals surface area contributed by atoms with Gasteiger partial charge < -0.3 is 14.6 Å². The van der Waals surface area contributed by atoms with Crippen molar-refractivity contribution in [3.63, 3.8) is 0 Å². The first-order valence-electron chi connectivity index (χ1n) is 9.30. The zero-order chi connectivity index (χ0) is 17.4. The SMILES string of the molecule is C=CCC1CC[C@]23c4c5ccc(OC)c4O[C@H]2C(=O)CC[C@@]3(O)[C@H]1C5. The maximum Gasteiger partial charge on any atom is 0.174 e. The molecule has 1 spiro atoms. The first-order valence-corrected chi connectivity index (χ1v) is 9.30. The highest BCUT2D eigenvalue weighted by atomic mass is 16.5. The Kier molecular flexibility index (Phi) is 3.01. The normalized spacial score (nSPS) is 40.2. The van der Waals surface area contributed by atoms with Crippen molar-refractivity contribution in [1.29, 1.82) is 0 Å². The van der Waals surface area contributed by atoms with Crippen LogP contribution < -0.4 is 9.47 Å². The van der Waals surface area contributed by atoms with E-state index in [1.54, 1.807) is 7.11 Å². The van der Waals surface area contributed by atoms with E-state index in [4.69, 9.17) is 9.47 Å². The highest BCUT2D eigenvalue weighted by molar-refractivity contribution is 5.90. The van der Waals surface area contributed by atoms with Crippen molar-refractivity contribution < 1.29 is 19.4 Å². The zero-order valence-electron chi connectivity index (χ0n) is 14.6. The summed E-state index contributed by atoms with van der Waals surface area (Å²) in [5, 5.41) is 12.0. The Morgan fingerprint density at radius 3 is 3.04 bits per heavy atom. The van der Waals surface area contributed by atoms with E-state index in [-0.39, 0.29) is 11.7 Å². The van der Waals surface area contributed by atoms with Crippen LogP contribution >= 0.6 is 0 Å². The van der Waals surface area contributed by atoms with Crippen LogP contribution in [0.15, 0.2) is 24.8 Å². The maximum absolute atomic E-state index is 12.8. The van der Waals surface area contributed by atoms with E-state index in [2.05, 4.69) is 12.6 Å². The largest absolute Gasteiger partial charge is 0.493 e. The molecule has 1 aromatic rings. The molecule has 2 fully saturated rings. The summed E-state index contributed by atoms with van der Waals surface area (Å²) in [6.45, 7) is 3.91. The highest BCUT2D eigenvalue weighted by Crippen LogP contribution is 2.68. The minimum atomic E-state index is -0.873. The molecule has 1 aliphatic heterocycles. The van der Waals surface area contributed by atoms with Gasteiger partial charge in [-0.15, -0.1) is 6.58 Å². The Bertz CT molecular complexity index is 784. The summed E-state index contributed by atoms with van der Waals surface area (Å²) >= 11 is 0. The lowest BCUT2D eigenvalue weighted by atomic mass is 9.43. The minimum Gasteiger partial charge on any atom is -0.493 e. The van der Waals surface area contributed by atoms with Gasteiger partial charge in [0.2, 0.25) is 0 Å². The number of carbonyl (C=O) groups excluding carboxylic acids is 1. The molecule has 1 aromatic carbocycles. The van der Waals surface area contributed by atoms with Crippen molar-refractivity contribution in [3.8, 4) is 11.5 Å². The number of carbonyl (C=O) groups is 1. The van der Waals surface area contributed by atoms with Crippen LogP contribution in [0.5, 0.6) is 11.5 Å². The molecule has 132 valence electrons. The predicted octanol–water partition coefficient (Wildman–Crippen LogP) is 2.95.